The number of fused-ring (bicyclic) bond motifs is 5. The Kier molecular flexibility index (Phi) is 5.65. The number of anilines is 1. The maximum Gasteiger partial charge on any atom is 0.416 e. The summed E-state index contributed by atoms with van der Waals surface area (Å²) in [5.41, 5.74) is 2.11. The van der Waals surface area contributed by atoms with Crippen molar-refractivity contribution in [1.82, 2.24) is 4.90 Å². The number of likely N-dealkylation sites (tertiary alicyclic amines) is 1. The van der Waals surface area contributed by atoms with E-state index in [1.54, 1.807) is 0 Å². The first kappa shape index (κ1) is 24.4. The molecule has 2 amide bonds. The summed E-state index contributed by atoms with van der Waals surface area (Å²) < 4.78 is 38.7. The van der Waals surface area contributed by atoms with Crippen LogP contribution in [0, 0.1) is 34.5 Å². The van der Waals surface area contributed by atoms with Crippen molar-refractivity contribution >= 4 is 17.5 Å². The third kappa shape index (κ3) is 3.72. The second-order valence-electron chi connectivity index (χ2n) is 11.8. The van der Waals surface area contributed by atoms with Crippen LogP contribution in [0.2, 0.25) is 0 Å². The minimum Gasteiger partial charge on any atom is -0.326 e. The Labute approximate surface area is 205 Å². The molecule has 1 saturated heterocycles. The molecule has 3 fully saturated rings. The van der Waals surface area contributed by atoms with Crippen LogP contribution in [0.15, 0.2) is 35.5 Å². The quantitative estimate of drug-likeness (QED) is 0.507. The summed E-state index contributed by atoms with van der Waals surface area (Å²) in [6.45, 7) is 6.78. The number of amides is 2. The SMILES string of the molecule is CC1=C2N(C)C(=O)CC[C@]2(C)[C@H]2CC[C@]3(C)[C@@H](C(=O)Nc4ccc(C(F)(F)F)cc4)CC[C@H]3[C@@H]2C1. The Bertz CT molecular complexity index is 1080. The van der Waals surface area contributed by atoms with Gasteiger partial charge in [-0.15, -0.1) is 0 Å². The molecule has 1 aromatic rings. The zero-order valence-electron chi connectivity index (χ0n) is 21.0. The highest BCUT2D eigenvalue weighted by atomic mass is 19.4. The molecule has 190 valence electrons. The average molecular weight is 489 g/mol. The number of nitrogens with one attached hydrogen (secondary N) is 1. The standard InChI is InChI=1S/C28H35F3N2O2/c1-16-15-19-20-9-10-22(25(35)32-18-7-5-17(6-8-18)28(29,30)31)26(20,2)13-11-21(19)27(3)14-12-23(34)33(4)24(16)27/h5-8,19-22H,9-15H2,1-4H3,(H,32,35)/t19-,20-,21-,22+,26-,27+/m0/s1. The lowest BCUT2D eigenvalue weighted by atomic mass is 9.48. The van der Waals surface area contributed by atoms with Crippen LogP contribution in [0.5, 0.6) is 0 Å². The Morgan fingerprint density at radius 1 is 1.06 bits per heavy atom. The van der Waals surface area contributed by atoms with Crippen molar-refractivity contribution in [2.75, 3.05) is 12.4 Å². The molecule has 1 heterocycles. The van der Waals surface area contributed by atoms with Gasteiger partial charge in [0, 0.05) is 36.2 Å². The minimum atomic E-state index is -4.39. The second-order valence-corrected chi connectivity index (χ2v) is 11.8. The first-order chi connectivity index (χ1) is 16.4. The summed E-state index contributed by atoms with van der Waals surface area (Å²) in [7, 11) is 1.92. The minimum absolute atomic E-state index is 0.00242. The molecule has 3 aliphatic carbocycles. The predicted molar refractivity (Wildman–Crippen MR) is 128 cm³/mol. The average Bonchev–Trinajstić information content (AvgIpc) is 3.14. The van der Waals surface area contributed by atoms with Gasteiger partial charge < -0.3 is 10.2 Å². The summed E-state index contributed by atoms with van der Waals surface area (Å²) in [5, 5.41) is 2.91. The van der Waals surface area contributed by atoms with Crippen LogP contribution >= 0.6 is 0 Å². The molecule has 0 bridgehead atoms. The van der Waals surface area contributed by atoms with Gasteiger partial charge in [-0.2, -0.15) is 13.2 Å². The molecule has 1 aromatic carbocycles. The Balaban J connectivity index is 1.36. The van der Waals surface area contributed by atoms with E-state index in [0.717, 1.165) is 50.7 Å². The first-order valence-corrected chi connectivity index (χ1v) is 12.8. The molecule has 0 aromatic heterocycles. The normalized spacial score (nSPS) is 37.0. The lowest BCUT2D eigenvalue weighted by molar-refractivity contribution is -0.138. The van der Waals surface area contributed by atoms with E-state index in [-0.39, 0.29) is 28.6 Å². The van der Waals surface area contributed by atoms with Gasteiger partial charge in [-0.05, 0) is 92.9 Å². The lowest BCUT2D eigenvalue weighted by Gasteiger charge is -2.59. The number of piperidine rings is 1. The van der Waals surface area contributed by atoms with Crippen LogP contribution in [0.1, 0.15) is 71.3 Å². The number of halogens is 3. The number of alkyl halides is 3. The van der Waals surface area contributed by atoms with Crippen molar-refractivity contribution in [2.24, 2.45) is 34.5 Å². The summed E-state index contributed by atoms with van der Waals surface area (Å²) in [6, 6.07) is 4.71. The van der Waals surface area contributed by atoms with Crippen molar-refractivity contribution < 1.29 is 22.8 Å². The summed E-state index contributed by atoms with van der Waals surface area (Å²) in [5.74, 6) is 1.41. The fourth-order valence-corrected chi connectivity index (χ4v) is 8.51. The van der Waals surface area contributed by atoms with Gasteiger partial charge in [0.15, 0.2) is 0 Å². The Morgan fingerprint density at radius 3 is 2.40 bits per heavy atom. The molecule has 7 heteroatoms. The maximum absolute atomic E-state index is 13.4. The molecular weight excluding hydrogens is 453 g/mol. The number of benzene rings is 1. The van der Waals surface area contributed by atoms with Crippen LogP contribution in [0.3, 0.4) is 0 Å². The Hall–Kier alpha value is -2.31. The molecule has 35 heavy (non-hydrogen) atoms. The van der Waals surface area contributed by atoms with Crippen molar-refractivity contribution in [2.45, 2.75) is 71.9 Å². The van der Waals surface area contributed by atoms with Crippen molar-refractivity contribution in [3.63, 3.8) is 0 Å². The van der Waals surface area contributed by atoms with E-state index in [0.29, 0.717) is 29.9 Å². The highest BCUT2D eigenvalue weighted by Crippen LogP contribution is 2.66. The van der Waals surface area contributed by atoms with E-state index < -0.39 is 11.7 Å². The molecule has 0 unspecified atom stereocenters. The first-order valence-electron chi connectivity index (χ1n) is 12.8. The fraction of sp³-hybridized carbons (Fsp3) is 0.643. The summed E-state index contributed by atoms with van der Waals surface area (Å²) in [4.78, 5) is 27.7. The van der Waals surface area contributed by atoms with E-state index in [2.05, 4.69) is 26.1 Å². The van der Waals surface area contributed by atoms with Crippen molar-refractivity contribution in [3.05, 3.63) is 41.1 Å². The molecule has 2 saturated carbocycles. The van der Waals surface area contributed by atoms with Crippen molar-refractivity contribution in [1.29, 1.82) is 0 Å². The zero-order valence-corrected chi connectivity index (χ0v) is 21.0. The molecule has 1 aliphatic heterocycles. The third-order valence-corrected chi connectivity index (χ3v) is 10.1. The molecule has 4 aliphatic rings. The van der Waals surface area contributed by atoms with Gasteiger partial charge in [0.2, 0.25) is 11.8 Å². The van der Waals surface area contributed by atoms with Gasteiger partial charge in [0.25, 0.3) is 0 Å². The second kappa shape index (κ2) is 8.10. The molecule has 0 radical (unpaired) electrons. The summed E-state index contributed by atoms with van der Waals surface area (Å²) >= 11 is 0. The molecule has 0 spiro atoms. The molecule has 4 nitrogen and oxygen atoms in total. The van der Waals surface area contributed by atoms with Gasteiger partial charge in [0.1, 0.15) is 0 Å². The monoisotopic (exact) mass is 488 g/mol. The highest BCUT2D eigenvalue weighted by molar-refractivity contribution is 5.93. The van der Waals surface area contributed by atoms with E-state index in [1.807, 2.05) is 11.9 Å². The summed E-state index contributed by atoms with van der Waals surface area (Å²) in [6.07, 6.45) is 1.87. The number of hydrogen-bond donors (Lipinski definition) is 1. The number of rotatable bonds is 2. The van der Waals surface area contributed by atoms with Gasteiger partial charge in [-0.1, -0.05) is 19.4 Å². The molecule has 6 atom stereocenters. The number of hydrogen-bond acceptors (Lipinski definition) is 2. The topological polar surface area (TPSA) is 49.4 Å². The van der Waals surface area contributed by atoms with Crippen LogP contribution in [0.25, 0.3) is 0 Å². The van der Waals surface area contributed by atoms with Gasteiger partial charge >= 0.3 is 6.18 Å². The van der Waals surface area contributed by atoms with E-state index >= 15 is 0 Å². The van der Waals surface area contributed by atoms with Gasteiger partial charge in [-0.3, -0.25) is 9.59 Å². The van der Waals surface area contributed by atoms with Gasteiger partial charge in [0.05, 0.1) is 5.56 Å². The van der Waals surface area contributed by atoms with E-state index in [9.17, 15) is 22.8 Å². The number of carbonyl (C=O) groups is 2. The maximum atomic E-state index is 13.4. The molecular formula is C28H35F3N2O2. The largest absolute Gasteiger partial charge is 0.416 e. The lowest BCUT2D eigenvalue weighted by Crippen LogP contribution is -2.54. The predicted octanol–water partition coefficient (Wildman–Crippen LogP) is 6.64. The van der Waals surface area contributed by atoms with E-state index in [1.165, 1.54) is 23.4 Å². The zero-order chi connectivity index (χ0) is 25.3. The van der Waals surface area contributed by atoms with Gasteiger partial charge in [-0.25, -0.2) is 0 Å². The number of allylic oxidation sites excluding steroid dienone is 2. The number of nitrogens with zero attached hydrogens (tertiary/aromatic N) is 1. The number of carbonyl (C=O) groups excluding carboxylic acids is 2. The highest BCUT2D eigenvalue weighted by Gasteiger charge is 2.61. The van der Waals surface area contributed by atoms with Crippen LogP contribution in [-0.2, 0) is 15.8 Å². The smallest absolute Gasteiger partial charge is 0.326 e. The van der Waals surface area contributed by atoms with Crippen LogP contribution in [-0.4, -0.2) is 23.8 Å². The van der Waals surface area contributed by atoms with Crippen molar-refractivity contribution in [3.8, 4) is 0 Å². The fourth-order valence-electron chi connectivity index (χ4n) is 8.51. The van der Waals surface area contributed by atoms with E-state index in [4.69, 9.17) is 0 Å². The molecule has 1 N–H and O–H groups in total. The third-order valence-electron chi connectivity index (χ3n) is 10.1. The van der Waals surface area contributed by atoms with Crippen LogP contribution in [0.4, 0.5) is 18.9 Å². The Morgan fingerprint density at radius 2 is 1.74 bits per heavy atom. The van der Waals surface area contributed by atoms with Crippen LogP contribution < -0.4 is 5.32 Å². The molecule has 5 rings (SSSR count).